The van der Waals surface area contributed by atoms with Gasteiger partial charge in [0.25, 0.3) is 11.4 Å². The van der Waals surface area contributed by atoms with Gasteiger partial charge in [-0.25, -0.2) is 0 Å². The third-order valence-corrected chi connectivity index (χ3v) is 9.06. The highest BCUT2D eigenvalue weighted by molar-refractivity contribution is 6.34. The van der Waals surface area contributed by atoms with E-state index >= 15 is 0 Å². The third kappa shape index (κ3) is 6.03. The van der Waals surface area contributed by atoms with Crippen LogP contribution in [0.4, 0.5) is 17.2 Å². The Morgan fingerprint density at radius 2 is 1.16 bits per heavy atom. The second-order valence-electron chi connectivity index (χ2n) is 11.6. The number of halogens is 1. The van der Waals surface area contributed by atoms with Gasteiger partial charge in [0.2, 0.25) is 0 Å². The highest BCUT2D eigenvalue weighted by Crippen LogP contribution is 2.37. The number of anilines is 1. The number of hydrogen-bond acceptors (Lipinski definition) is 8. The number of hydrogen-bond donors (Lipinski definition) is 1. The molecule has 0 saturated carbocycles. The van der Waals surface area contributed by atoms with Crippen LogP contribution in [0.5, 0.6) is 0 Å². The lowest BCUT2D eigenvalue weighted by Crippen LogP contribution is -2.44. The number of piperazine rings is 1. The van der Waals surface area contributed by atoms with Crippen molar-refractivity contribution >= 4 is 63.2 Å². The normalized spacial score (nSPS) is 12.8. The van der Waals surface area contributed by atoms with E-state index in [-0.39, 0.29) is 21.5 Å². The lowest BCUT2D eigenvalue weighted by atomic mass is 10.1. The van der Waals surface area contributed by atoms with Crippen LogP contribution in [0, 0.1) is 34.1 Å². The van der Waals surface area contributed by atoms with E-state index in [1.54, 1.807) is 48.7 Å². The smallest absolute Gasteiger partial charge is 0.274 e. The Balaban J connectivity index is 0.000000174. The Kier molecular flexibility index (Phi) is 9.25. The van der Waals surface area contributed by atoms with Crippen LogP contribution in [0.25, 0.3) is 33.2 Å². The van der Waals surface area contributed by atoms with Crippen molar-refractivity contribution in [3.05, 3.63) is 133 Å². The Bertz CT molecular complexity index is 2270. The molecule has 1 aliphatic heterocycles. The van der Waals surface area contributed by atoms with E-state index in [9.17, 15) is 29.8 Å². The molecule has 2 aromatic heterocycles. The van der Waals surface area contributed by atoms with Crippen LogP contribution in [0.3, 0.4) is 0 Å². The van der Waals surface area contributed by atoms with Crippen molar-refractivity contribution in [3.63, 3.8) is 0 Å². The van der Waals surface area contributed by atoms with Crippen LogP contribution in [0.1, 0.15) is 31.8 Å². The summed E-state index contributed by atoms with van der Waals surface area (Å²) >= 11 is 6.32. The summed E-state index contributed by atoms with van der Waals surface area (Å²) in [7, 11) is 0. The summed E-state index contributed by atoms with van der Waals surface area (Å²) in [4.78, 5) is 47.2. The molecule has 13 heteroatoms. The minimum atomic E-state index is -0.431. The van der Waals surface area contributed by atoms with Crippen molar-refractivity contribution < 1.29 is 19.4 Å². The molecule has 0 bridgehead atoms. The molecule has 248 valence electrons. The molecule has 49 heavy (non-hydrogen) atoms. The number of carbonyl (C=O) groups is 2. The van der Waals surface area contributed by atoms with E-state index in [2.05, 4.69) is 10.2 Å². The lowest BCUT2D eigenvalue weighted by Gasteiger charge is -2.31. The van der Waals surface area contributed by atoms with Crippen LogP contribution in [0.2, 0.25) is 5.15 Å². The number of benzene rings is 4. The predicted molar refractivity (Wildman–Crippen MR) is 190 cm³/mol. The summed E-state index contributed by atoms with van der Waals surface area (Å²) in [5, 5.41) is 27.7. The Morgan fingerprint density at radius 1 is 0.694 bits per heavy atom. The molecule has 1 saturated heterocycles. The lowest BCUT2D eigenvalue weighted by molar-refractivity contribution is -0.385. The molecule has 0 spiro atoms. The molecule has 7 rings (SSSR count). The highest BCUT2D eigenvalue weighted by Gasteiger charge is 2.25. The summed E-state index contributed by atoms with van der Waals surface area (Å²) in [5.41, 5.74) is 5.09. The molecule has 0 atom stereocenters. The van der Waals surface area contributed by atoms with Gasteiger partial charge in [0, 0.05) is 60.2 Å². The first-order valence-electron chi connectivity index (χ1n) is 15.5. The van der Waals surface area contributed by atoms with Gasteiger partial charge in [-0.1, -0.05) is 60.1 Å². The average Bonchev–Trinajstić information content (AvgIpc) is 3.60. The predicted octanol–water partition coefficient (Wildman–Crippen LogP) is 7.38. The molecule has 3 heterocycles. The minimum Gasteiger partial charge on any atom is -0.355 e. The zero-order valence-electron chi connectivity index (χ0n) is 26.6. The maximum atomic E-state index is 12.0. The number of nitrogens with zero attached hydrogens (tertiary/aromatic N) is 5. The van der Waals surface area contributed by atoms with Crippen molar-refractivity contribution in [3.8, 4) is 11.4 Å². The summed E-state index contributed by atoms with van der Waals surface area (Å²) in [6, 6.07) is 25.0. The largest absolute Gasteiger partial charge is 0.355 e. The molecule has 0 aliphatic carbocycles. The number of aldehydes is 2. The van der Waals surface area contributed by atoms with E-state index < -0.39 is 4.92 Å². The van der Waals surface area contributed by atoms with Crippen LogP contribution < -0.4 is 10.2 Å². The summed E-state index contributed by atoms with van der Waals surface area (Å²) in [5.74, 6) is 0.797. The minimum absolute atomic E-state index is 0.0130. The first kappa shape index (κ1) is 33.1. The topological polar surface area (TPSA) is 146 Å². The van der Waals surface area contributed by atoms with Gasteiger partial charge in [0.1, 0.15) is 11.0 Å². The standard InChI is InChI=1S/C20H20N4O3.C16H11ClN2O3/c1-14-6-7-15(12-19(14)24(26)27)23-18-5-3-2-4-16(18)17(13-25)20(23)22-10-8-21-9-11-22;1-10-6-7-11(8-15(10)19(21)22)18-14-5-3-2-4-12(14)13(9-20)16(18)17/h2-7,12-13,21H,8-11H2,1H3;2-9H,1H3. The summed E-state index contributed by atoms with van der Waals surface area (Å²) in [6.07, 6.45) is 1.59. The number of nitrogens with one attached hydrogen (secondary N) is 1. The van der Waals surface area contributed by atoms with Gasteiger partial charge in [-0.3, -0.25) is 39.0 Å². The molecular weight excluding hydrogens is 648 g/mol. The van der Waals surface area contributed by atoms with E-state index in [4.69, 9.17) is 11.6 Å². The SMILES string of the molecule is Cc1ccc(-n2c(Cl)c(C=O)c3ccccc32)cc1[N+](=O)[O-].Cc1ccc(-n2c(N3CCNCC3)c(C=O)c3ccccc32)cc1[N+](=O)[O-]. The van der Waals surface area contributed by atoms with Gasteiger partial charge in [-0.2, -0.15) is 0 Å². The molecule has 1 fully saturated rings. The molecule has 1 aliphatic rings. The Labute approximate surface area is 285 Å². The van der Waals surface area contributed by atoms with Crippen molar-refractivity contribution in [2.75, 3.05) is 31.1 Å². The fourth-order valence-corrected chi connectivity index (χ4v) is 6.62. The van der Waals surface area contributed by atoms with Crippen LogP contribution in [0.15, 0.2) is 84.9 Å². The van der Waals surface area contributed by atoms with Crippen LogP contribution >= 0.6 is 11.6 Å². The fourth-order valence-electron chi connectivity index (χ4n) is 6.28. The maximum Gasteiger partial charge on any atom is 0.274 e. The van der Waals surface area contributed by atoms with Crippen molar-refractivity contribution in [1.29, 1.82) is 0 Å². The first-order chi connectivity index (χ1) is 23.7. The number of rotatable bonds is 7. The molecule has 12 nitrogen and oxygen atoms in total. The number of aromatic nitrogens is 2. The number of carbonyl (C=O) groups excluding carboxylic acids is 2. The quantitative estimate of drug-likeness (QED) is 0.105. The monoisotopic (exact) mass is 678 g/mol. The molecule has 0 amide bonds. The first-order valence-corrected chi connectivity index (χ1v) is 15.8. The summed E-state index contributed by atoms with van der Waals surface area (Å²) in [6.45, 7) is 6.59. The zero-order valence-corrected chi connectivity index (χ0v) is 27.4. The van der Waals surface area contributed by atoms with E-state index in [0.717, 1.165) is 54.7 Å². The van der Waals surface area contributed by atoms with Crippen molar-refractivity contribution in [2.45, 2.75) is 13.8 Å². The highest BCUT2D eigenvalue weighted by atomic mass is 35.5. The molecule has 1 N–H and O–H groups in total. The van der Waals surface area contributed by atoms with Gasteiger partial charge < -0.3 is 10.2 Å². The summed E-state index contributed by atoms with van der Waals surface area (Å²) < 4.78 is 3.61. The number of nitro groups is 2. The number of fused-ring (bicyclic) bond motifs is 2. The van der Waals surface area contributed by atoms with E-state index in [1.807, 2.05) is 53.1 Å². The maximum absolute atomic E-state index is 12.0. The Hall–Kier alpha value is -5.85. The molecule has 0 unspecified atom stereocenters. The average molecular weight is 679 g/mol. The zero-order chi connectivity index (χ0) is 34.8. The van der Waals surface area contributed by atoms with Crippen molar-refractivity contribution in [2.24, 2.45) is 0 Å². The molecule has 0 radical (unpaired) electrons. The second-order valence-corrected chi connectivity index (χ2v) is 11.9. The van der Waals surface area contributed by atoms with Gasteiger partial charge in [-0.15, -0.1) is 0 Å². The number of para-hydroxylation sites is 2. The molecule has 6 aromatic rings. The van der Waals surface area contributed by atoms with E-state index in [0.29, 0.717) is 45.3 Å². The van der Waals surface area contributed by atoms with E-state index in [1.165, 1.54) is 6.07 Å². The number of nitro benzene ring substituents is 2. The number of aryl methyl sites for hydroxylation is 2. The van der Waals surface area contributed by atoms with Gasteiger partial charge in [0.05, 0.1) is 43.4 Å². The molecular formula is C36H31ClN6O6. The van der Waals surface area contributed by atoms with Gasteiger partial charge in [-0.05, 0) is 38.1 Å². The van der Waals surface area contributed by atoms with Gasteiger partial charge in [0.15, 0.2) is 12.6 Å². The van der Waals surface area contributed by atoms with Crippen LogP contribution in [-0.4, -0.2) is 57.7 Å². The second kappa shape index (κ2) is 13.7. The van der Waals surface area contributed by atoms with Gasteiger partial charge >= 0.3 is 0 Å². The molecule has 4 aromatic carbocycles. The van der Waals surface area contributed by atoms with Crippen molar-refractivity contribution in [1.82, 2.24) is 14.5 Å². The fraction of sp³-hybridized carbons (Fsp3) is 0.167. The Morgan fingerprint density at radius 3 is 1.67 bits per heavy atom. The van der Waals surface area contributed by atoms with Crippen LogP contribution in [-0.2, 0) is 0 Å². The third-order valence-electron chi connectivity index (χ3n) is 8.69.